The van der Waals surface area contributed by atoms with E-state index >= 15 is 0 Å². The second-order valence-electron chi connectivity index (χ2n) is 1.96. The summed E-state index contributed by atoms with van der Waals surface area (Å²) in [7, 11) is 0. The number of hydrogen-bond acceptors (Lipinski definition) is 0. The summed E-state index contributed by atoms with van der Waals surface area (Å²) in [6.07, 6.45) is 1.77. The largest absolute Gasteiger partial charge is 0.207 e. The predicted molar refractivity (Wildman–Crippen MR) is 52.1 cm³/mol. The molecule has 0 saturated carbocycles. The maximum absolute atomic E-state index is 12.6. The predicted octanol–water partition coefficient (Wildman–Crippen LogP) is 3.95. The maximum Gasteiger partial charge on any atom is 0.123 e. The van der Waals surface area contributed by atoms with Gasteiger partial charge in [0.1, 0.15) is 5.82 Å². The molecule has 0 fully saturated rings. The van der Waals surface area contributed by atoms with Crippen molar-refractivity contribution in [1.29, 1.82) is 0 Å². The zero-order valence-corrected chi connectivity index (χ0v) is 8.69. The first-order valence-electron chi connectivity index (χ1n) is 2.96. The van der Waals surface area contributed by atoms with Crippen LogP contribution in [0.2, 0.25) is 0 Å². The lowest BCUT2D eigenvalue weighted by Crippen LogP contribution is -1.77. The van der Waals surface area contributed by atoms with Crippen molar-refractivity contribution >= 4 is 37.9 Å². The summed E-state index contributed by atoms with van der Waals surface area (Å²) in [6, 6.07) is 4.55. The van der Waals surface area contributed by atoms with Crippen molar-refractivity contribution in [2.75, 3.05) is 0 Å². The van der Waals surface area contributed by atoms with E-state index in [-0.39, 0.29) is 5.82 Å². The third-order valence-electron chi connectivity index (χ3n) is 1.20. The number of halogens is 3. The summed E-state index contributed by atoms with van der Waals surface area (Å²) in [6.45, 7) is 0. The minimum Gasteiger partial charge on any atom is -0.207 e. The third kappa shape index (κ3) is 2.42. The highest BCUT2D eigenvalue weighted by Gasteiger charge is 1.96. The van der Waals surface area contributed by atoms with Gasteiger partial charge in [-0.25, -0.2) is 4.39 Å². The first kappa shape index (κ1) is 8.94. The molecule has 0 atom stereocenters. The van der Waals surface area contributed by atoms with Gasteiger partial charge in [-0.15, -0.1) is 0 Å². The zero-order valence-electron chi connectivity index (χ0n) is 5.52. The van der Waals surface area contributed by atoms with Crippen LogP contribution >= 0.6 is 31.9 Å². The van der Waals surface area contributed by atoms with E-state index in [0.717, 1.165) is 10.0 Å². The Bertz CT molecular complexity index is 281. The Balaban J connectivity index is 3.12. The van der Waals surface area contributed by atoms with E-state index in [1.165, 1.54) is 12.1 Å². The average Bonchev–Trinajstić information content (AvgIpc) is 1.98. The number of benzene rings is 1. The molecule has 3 heteroatoms. The Morgan fingerprint density at radius 2 is 2.09 bits per heavy atom. The van der Waals surface area contributed by atoms with E-state index in [4.69, 9.17) is 0 Å². The van der Waals surface area contributed by atoms with Crippen LogP contribution in [0.5, 0.6) is 0 Å². The highest BCUT2D eigenvalue weighted by molar-refractivity contribution is 9.11. The molecule has 0 aliphatic heterocycles. The molecule has 0 radical (unpaired) electrons. The van der Waals surface area contributed by atoms with Crippen molar-refractivity contribution in [3.05, 3.63) is 39.0 Å². The van der Waals surface area contributed by atoms with Crippen molar-refractivity contribution in [2.24, 2.45) is 0 Å². The molecule has 0 N–H and O–H groups in total. The molecule has 0 unspecified atom stereocenters. The minimum atomic E-state index is -0.228. The summed E-state index contributed by atoms with van der Waals surface area (Å²) in [5.41, 5.74) is 0.821. The van der Waals surface area contributed by atoms with Gasteiger partial charge >= 0.3 is 0 Å². The molecule has 1 aromatic carbocycles. The molecule has 0 aromatic heterocycles. The molecule has 0 aliphatic rings. The summed E-state index contributed by atoms with van der Waals surface area (Å²) < 4.78 is 13.5. The standard InChI is InChI=1S/C8H5Br2F/c9-4-3-6-5-7(11)1-2-8(6)10/h1-5H/b4-3-. The first-order chi connectivity index (χ1) is 5.24. The van der Waals surface area contributed by atoms with Gasteiger partial charge in [0.05, 0.1) is 0 Å². The van der Waals surface area contributed by atoms with E-state index in [1.54, 1.807) is 17.1 Å². The fraction of sp³-hybridized carbons (Fsp3) is 0. The normalized spacial score (nSPS) is 10.8. The minimum absolute atomic E-state index is 0.228. The van der Waals surface area contributed by atoms with Crippen molar-refractivity contribution in [3.8, 4) is 0 Å². The molecule has 0 nitrogen and oxygen atoms in total. The molecule has 0 bridgehead atoms. The van der Waals surface area contributed by atoms with Crippen LogP contribution in [0.3, 0.4) is 0 Å². The summed E-state index contributed by atoms with van der Waals surface area (Å²) >= 11 is 6.41. The van der Waals surface area contributed by atoms with Crippen molar-refractivity contribution in [1.82, 2.24) is 0 Å². The number of hydrogen-bond donors (Lipinski definition) is 0. The highest BCUT2D eigenvalue weighted by atomic mass is 79.9. The molecule has 1 rings (SSSR count). The fourth-order valence-corrected chi connectivity index (χ4v) is 1.37. The molecule has 0 spiro atoms. The van der Waals surface area contributed by atoms with Gasteiger partial charge in [-0.05, 0) is 34.8 Å². The molecule has 58 valence electrons. The van der Waals surface area contributed by atoms with Crippen LogP contribution in [0.15, 0.2) is 27.7 Å². The molecule has 0 aliphatic carbocycles. The first-order valence-corrected chi connectivity index (χ1v) is 4.66. The van der Waals surface area contributed by atoms with E-state index < -0.39 is 0 Å². The second-order valence-corrected chi connectivity index (χ2v) is 3.34. The Morgan fingerprint density at radius 1 is 1.36 bits per heavy atom. The zero-order chi connectivity index (χ0) is 8.27. The monoisotopic (exact) mass is 278 g/mol. The van der Waals surface area contributed by atoms with Crippen LogP contribution in [-0.2, 0) is 0 Å². The van der Waals surface area contributed by atoms with Gasteiger partial charge in [0.25, 0.3) is 0 Å². The van der Waals surface area contributed by atoms with Crippen LogP contribution in [0.4, 0.5) is 4.39 Å². The lowest BCUT2D eigenvalue weighted by Gasteiger charge is -1.96. The average molecular weight is 280 g/mol. The van der Waals surface area contributed by atoms with Gasteiger partial charge in [0.2, 0.25) is 0 Å². The lowest BCUT2D eigenvalue weighted by molar-refractivity contribution is 0.627. The fourth-order valence-electron chi connectivity index (χ4n) is 0.710. The van der Waals surface area contributed by atoms with Crippen LogP contribution in [0, 0.1) is 5.82 Å². The van der Waals surface area contributed by atoms with Crippen LogP contribution < -0.4 is 0 Å². The van der Waals surface area contributed by atoms with E-state index in [0.29, 0.717) is 0 Å². The van der Waals surface area contributed by atoms with Gasteiger partial charge in [-0.3, -0.25) is 0 Å². The molecule has 1 aromatic rings. The van der Waals surface area contributed by atoms with E-state index in [2.05, 4.69) is 31.9 Å². The Kier molecular flexibility index (Phi) is 3.27. The molecule has 0 heterocycles. The molecular formula is C8H5Br2F. The Morgan fingerprint density at radius 3 is 2.73 bits per heavy atom. The van der Waals surface area contributed by atoms with Gasteiger partial charge in [-0.2, -0.15) is 0 Å². The van der Waals surface area contributed by atoms with E-state index in [9.17, 15) is 4.39 Å². The van der Waals surface area contributed by atoms with Crippen LogP contribution in [0.1, 0.15) is 5.56 Å². The van der Waals surface area contributed by atoms with Crippen LogP contribution in [0.25, 0.3) is 6.08 Å². The topological polar surface area (TPSA) is 0 Å². The third-order valence-corrected chi connectivity index (χ3v) is 2.19. The maximum atomic E-state index is 12.6. The highest BCUT2D eigenvalue weighted by Crippen LogP contribution is 2.19. The van der Waals surface area contributed by atoms with Crippen molar-refractivity contribution in [3.63, 3.8) is 0 Å². The summed E-state index contributed by atoms with van der Waals surface area (Å²) in [5.74, 6) is -0.228. The van der Waals surface area contributed by atoms with Gasteiger partial charge in [0.15, 0.2) is 0 Å². The molecule has 0 amide bonds. The molecular weight excluding hydrogens is 275 g/mol. The molecule has 11 heavy (non-hydrogen) atoms. The second kappa shape index (κ2) is 4.02. The lowest BCUT2D eigenvalue weighted by atomic mass is 10.2. The summed E-state index contributed by atoms with van der Waals surface area (Å²) in [5, 5.41) is 0. The Labute approximate surface area is 81.4 Å². The van der Waals surface area contributed by atoms with Crippen molar-refractivity contribution < 1.29 is 4.39 Å². The smallest absolute Gasteiger partial charge is 0.123 e. The van der Waals surface area contributed by atoms with Crippen LogP contribution in [-0.4, -0.2) is 0 Å². The van der Waals surface area contributed by atoms with Gasteiger partial charge in [-0.1, -0.05) is 31.9 Å². The summed E-state index contributed by atoms with van der Waals surface area (Å²) in [4.78, 5) is 1.69. The van der Waals surface area contributed by atoms with Crippen molar-refractivity contribution in [2.45, 2.75) is 0 Å². The molecule has 0 saturated heterocycles. The number of rotatable bonds is 1. The van der Waals surface area contributed by atoms with E-state index in [1.807, 2.05) is 0 Å². The quantitative estimate of drug-likeness (QED) is 0.730. The SMILES string of the molecule is Fc1ccc(Br)c(/C=C\Br)c1. The Hall–Kier alpha value is -0.150. The van der Waals surface area contributed by atoms with Gasteiger partial charge in [0, 0.05) is 4.47 Å². The van der Waals surface area contributed by atoms with Gasteiger partial charge < -0.3 is 0 Å².